The van der Waals surface area contributed by atoms with Crippen LogP contribution in [-0.2, 0) is 0 Å². The van der Waals surface area contributed by atoms with E-state index in [1.807, 2.05) is 6.07 Å². The predicted octanol–water partition coefficient (Wildman–Crippen LogP) is 5.87. The van der Waals surface area contributed by atoms with Crippen molar-refractivity contribution < 1.29 is 0 Å². The van der Waals surface area contributed by atoms with Gasteiger partial charge in [0.1, 0.15) is 5.01 Å². The Morgan fingerprint density at radius 1 is 1.20 bits per heavy atom. The molecule has 1 aliphatic rings. The van der Waals surface area contributed by atoms with Crippen molar-refractivity contribution in [2.75, 3.05) is 5.75 Å². The first-order valence-corrected chi connectivity index (χ1v) is 10.3. The average Bonchev–Trinajstić information content (AvgIpc) is 2.92. The second-order valence-electron chi connectivity index (χ2n) is 4.92. The predicted molar refractivity (Wildman–Crippen MR) is 97.0 cm³/mol. The van der Waals surface area contributed by atoms with Gasteiger partial charge >= 0.3 is 0 Å². The zero-order valence-electron chi connectivity index (χ0n) is 11.4. The second kappa shape index (κ2) is 6.42. The summed E-state index contributed by atoms with van der Waals surface area (Å²) in [6.45, 7) is 4.66. The van der Waals surface area contributed by atoms with Crippen molar-refractivity contribution in [3.05, 3.63) is 39.1 Å². The van der Waals surface area contributed by atoms with Gasteiger partial charge in [-0.25, -0.2) is 4.98 Å². The number of nitrogens with zero attached hydrogens (tertiary/aromatic N) is 1. The van der Waals surface area contributed by atoms with Crippen LogP contribution in [0, 0.1) is 0 Å². The molecule has 5 heteroatoms. The Bertz CT molecular complexity index is 598. The summed E-state index contributed by atoms with van der Waals surface area (Å²) in [5.74, 6) is 1.18. The smallest absolute Gasteiger partial charge is 0.107 e. The number of hydrogen-bond acceptors (Lipinski definition) is 4. The lowest BCUT2D eigenvalue weighted by Gasteiger charge is -2.30. The first-order valence-electron chi connectivity index (χ1n) is 6.62. The van der Waals surface area contributed by atoms with E-state index < -0.39 is 0 Å². The maximum atomic E-state index is 4.88. The van der Waals surface area contributed by atoms with Crippen LogP contribution < -0.4 is 0 Å². The zero-order chi connectivity index (χ0) is 14.1. The fraction of sp³-hybridized carbons (Fsp3) is 0.400. The molecule has 1 saturated heterocycles. The summed E-state index contributed by atoms with van der Waals surface area (Å²) in [6, 6.07) is 8.30. The number of aromatic nitrogens is 1. The second-order valence-corrected chi connectivity index (χ2v) is 9.66. The van der Waals surface area contributed by atoms with E-state index in [-0.39, 0.29) is 0 Å². The summed E-state index contributed by atoms with van der Waals surface area (Å²) in [5, 5.41) is 5.46. The van der Waals surface area contributed by atoms with Crippen LogP contribution in [0.15, 0.2) is 34.1 Å². The Hall–Kier alpha value is 0.0300. The maximum absolute atomic E-state index is 4.88. The third-order valence-corrected chi connectivity index (χ3v) is 8.70. The Morgan fingerprint density at radius 3 is 2.75 bits per heavy atom. The number of benzene rings is 1. The molecule has 1 nitrogen and oxygen atoms in total. The van der Waals surface area contributed by atoms with Gasteiger partial charge < -0.3 is 0 Å². The van der Waals surface area contributed by atoms with E-state index in [0.717, 1.165) is 15.4 Å². The molecular formula is C15H16BrNS3. The summed E-state index contributed by atoms with van der Waals surface area (Å²) in [4.78, 5) is 4.88. The molecule has 20 heavy (non-hydrogen) atoms. The number of rotatable bonds is 2. The van der Waals surface area contributed by atoms with Crippen molar-refractivity contribution in [1.82, 2.24) is 4.98 Å². The third-order valence-electron chi connectivity index (χ3n) is 3.50. The fourth-order valence-corrected chi connectivity index (χ4v) is 6.66. The normalized spacial score (nSPS) is 26.6. The molecular weight excluding hydrogens is 370 g/mol. The lowest BCUT2D eigenvalue weighted by Crippen LogP contribution is -2.21. The SMILES string of the molecule is CC1SCC(c2nc(-c3ccccc3Br)cs2)SC1C. The molecule has 3 rings (SSSR count). The Kier molecular flexibility index (Phi) is 4.80. The minimum Gasteiger partial charge on any atom is -0.240 e. The molecule has 0 N–H and O–H groups in total. The van der Waals surface area contributed by atoms with Crippen LogP contribution in [0.25, 0.3) is 11.3 Å². The summed E-state index contributed by atoms with van der Waals surface area (Å²) < 4.78 is 1.12. The van der Waals surface area contributed by atoms with E-state index in [0.29, 0.717) is 10.5 Å². The molecule has 2 heterocycles. The highest BCUT2D eigenvalue weighted by Gasteiger charge is 2.28. The molecule has 0 spiro atoms. The number of hydrogen-bond donors (Lipinski definition) is 0. The van der Waals surface area contributed by atoms with Gasteiger partial charge in [-0.15, -0.1) is 23.1 Å². The minimum atomic E-state index is 0.549. The van der Waals surface area contributed by atoms with Crippen molar-refractivity contribution in [1.29, 1.82) is 0 Å². The molecule has 1 aliphatic heterocycles. The van der Waals surface area contributed by atoms with Gasteiger partial charge in [0.25, 0.3) is 0 Å². The molecule has 0 saturated carbocycles. The largest absolute Gasteiger partial charge is 0.240 e. The zero-order valence-corrected chi connectivity index (χ0v) is 15.4. The molecule has 0 radical (unpaired) electrons. The standard InChI is InChI=1S/C15H16BrNS3/c1-9-10(2)20-14(8-18-9)15-17-13(7-19-15)11-5-3-4-6-12(11)16/h3-7,9-10,14H,8H2,1-2H3. The van der Waals surface area contributed by atoms with Crippen molar-refractivity contribution in [3.63, 3.8) is 0 Å². The van der Waals surface area contributed by atoms with Gasteiger partial charge in [-0.05, 0) is 6.07 Å². The number of thioether (sulfide) groups is 2. The third kappa shape index (κ3) is 3.11. The van der Waals surface area contributed by atoms with Crippen LogP contribution in [0.1, 0.15) is 24.1 Å². The Labute approximate surface area is 141 Å². The van der Waals surface area contributed by atoms with E-state index in [4.69, 9.17) is 4.98 Å². The van der Waals surface area contributed by atoms with Crippen molar-refractivity contribution in [2.45, 2.75) is 29.6 Å². The van der Waals surface area contributed by atoms with Crippen LogP contribution >= 0.6 is 50.8 Å². The topological polar surface area (TPSA) is 12.9 Å². The highest BCUT2D eigenvalue weighted by atomic mass is 79.9. The van der Waals surface area contributed by atoms with Gasteiger partial charge in [-0.3, -0.25) is 0 Å². The van der Waals surface area contributed by atoms with Gasteiger partial charge in [-0.2, -0.15) is 11.8 Å². The van der Waals surface area contributed by atoms with Gasteiger partial charge in [0, 0.05) is 31.7 Å². The van der Waals surface area contributed by atoms with Crippen molar-refractivity contribution in [3.8, 4) is 11.3 Å². The van der Waals surface area contributed by atoms with Crippen LogP contribution in [0.2, 0.25) is 0 Å². The summed E-state index contributed by atoms with van der Waals surface area (Å²) in [5.41, 5.74) is 2.28. The highest BCUT2D eigenvalue weighted by Crippen LogP contribution is 2.45. The van der Waals surface area contributed by atoms with Gasteiger partial charge in [0.15, 0.2) is 0 Å². The van der Waals surface area contributed by atoms with E-state index in [2.05, 4.69) is 76.9 Å². The van der Waals surface area contributed by atoms with Crippen molar-refractivity contribution >= 4 is 50.8 Å². The van der Waals surface area contributed by atoms with Crippen LogP contribution in [0.4, 0.5) is 0 Å². The van der Waals surface area contributed by atoms with Crippen molar-refractivity contribution in [2.24, 2.45) is 0 Å². The fourth-order valence-electron chi connectivity index (χ4n) is 2.14. The Balaban J connectivity index is 1.82. The number of thiazole rings is 1. The van der Waals surface area contributed by atoms with Gasteiger partial charge in [0.05, 0.1) is 10.9 Å². The Morgan fingerprint density at radius 2 is 2.00 bits per heavy atom. The summed E-state index contributed by atoms with van der Waals surface area (Å²) in [7, 11) is 0. The van der Waals surface area contributed by atoms with E-state index >= 15 is 0 Å². The molecule has 1 fully saturated rings. The van der Waals surface area contributed by atoms with E-state index in [1.165, 1.54) is 16.3 Å². The van der Waals surface area contributed by atoms with E-state index in [9.17, 15) is 0 Å². The first kappa shape index (κ1) is 14.9. The molecule has 106 valence electrons. The molecule has 0 amide bonds. The average molecular weight is 386 g/mol. The van der Waals surface area contributed by atoms with E-state index in [1.54, 1.807) is 11.3 Å². The van der Waals surface area contributed by atoms with Crippen LogP contribution in [-0.4, -0.2) is 21.2 Å². The van der Waals surface area contributed by atoms with Crippen LogP contribution in [0.3, 0.4) is 0 Å². The molecule has 1 aromatic carbocycles. The van der Waals surface area contributed by atoms with Gasteiger partial charge in [0.2, 0.25) is 0 Å². The minimum absolute atomic E-state index is 0.549. The highest BCUT2D eigenvalue weighted by molar-refractivity contribution is 9.10. The molecule has 1 aromatic heterocycles. The van der Waals surface area contributed by atoms with Gasteiger partial charge in [-0.1, -0.05) is 48.0 Å². The monoisotopic (exact) mass is 385 g/mol. The molecule has 0 aliphatic carbocycles. The summed E-state index contributed by atoms with van der Waals surface area (Å²) >= 11 is 9.56. The quantitative estimate of drug-likeness (QED) is 0.641. The van der Waals surface area contributed by atoms with Crippen LogP contribution in [0.5, 0.6) is 0 Å². The lowest BCUT2D eigenvalue weighted by molar-refractivity contribution is 0.891. The molecule has 3 atom stereocenters. The number of halogens is 1. The summed E-state index contributed by atoms with van der Waals surface area (Å²) in [6.07, 6.45) is 0. The molecule has 3 unspecified atom stereocenters. The first-order chi connectivity index (χ1) is 9.65. The lowest BCUT2D eigenvalue weighted by atomic mass is 10.2. The maximum Gasteiger partial charge on any atom is 0.107 e. The molecule has 2 aromatic rings. The molecule has 0 bridgehead atoms.